The molecule has 4 nitrogen and oxygen atoms in total. The van der Waals surface area contributed by atoms with Gasteiger partial charge in [-0.2, -0.15) is 5.10 Å². The molecule has 1 atom stereocenters. The Kier molecular flexibility index (Phi) is 5.33. The van der Waals surface area contributed by atoms with Crippen LogP contribution in [-0.2, 0) is 6.54 Å². The summed E-state index contributed by atoms with van der Waals surface area (Å²) in [5, 5.41) is 7.78. The standard InChI is InChI=1S/C16H22FN3O/c1-4-8-20-11-13(10-19-20)16(18-5-2)12-6-7-14(17)15(9-12)21-3/h6-7,9-11,16,18H,4-5,8H2,1-3H3. The fourth-order valence-electron chi connectivity index (χ4n) is 2.37. The minimum atomic E-state index is -0.349. The SMILES string of the molecule is CCCn1cc(C(NCC)c2ccc(F)c(OC)c2)cn1. The lowest BCUT2D eigenvalue weighted by Gasteiger charge is -2.18. The molecule has 0 amide bonds. The van der Waals surface area contributed by atoms with Gasteiger partial charge in [0.1, 0.15) is 0 Å². The van der Waals surface area contributed by atoms with E-state index in [0.717, 1.165) is 30.6 Å². The molecule has 1 heterocycles. The molecule has 21 heavy (non-hydrogen) atoms. The summed E-state index contributed by atoms with van der Waals surface area (Å²) in [5.74, 6) is -0.0884. The molecular weight excluding hydrogens is 269 g/mol. The van der Waals surface area contributed by atoms with Crippen molar-refractivity contribution in [1.82, 2.24) is 15.1 Å². The van der Waals surface area contributed by atoms with Crippen LogP contribution in [0.2, 0.25) is 0 Å². The van der Waals surface area contributed by atoms with Gasteiger partial charge in [0.05, 0.1) is 19.3 Å². The minimum absolute atomic E-state index is 0.0184. The van der Waals surface area contributed by atoms with E-state index in [-0.39, 0.29) is 17.6 Å². The predicted molar refractivity (Wildman–Crippen MR) is 81.0 cm³/mol. The van der Waals surface area contributed by atoms with Crippen molar-refractivity contribution in [2.24, 2.45) is 0 Å². The van der Waals surface area contributed by atoms with Crippen molar-refractivity contribution in [3.05, 3.63) is 47.5 Å². The molecule has 1 N–H and O–H groups in total. The highest BCUT2D eigenvalue weighted by molar-refractivity contribution is 5.36. The number of aryl methyl sites for hydroxylation is 1. The first kappa shape index (κ1) is 15.5. The third-order valence-corrected chi connectivity index (χ3v) is 3.36. The highest BCUT2D eigenvalue weighted by Gasteiger charge is 2.17. The summed E-state index contributed by atoms with van der Waals surface area (Å²) >= 11 is 0. The van der Waals surface area contributed by atoms with Crippen LogP contribution in [0.25, 0.3) is 0 Å². The molecule has 0 fully saturated rings. The van der Waals surface area contributed by atoms with E-state index in [1.165, 1.54) is 13.2 Å². The first-order chi connectivity index (χ1) is 10.2. The zero-order chi connectivity index (χ0) is 15.2. The first-order valence-electron chi connectivity index (χ1n) is 7.28. The zero-order valence-corrected chi connectivity index (χ0v) is 12.8. The van der Waals surface area contributed by atoms with Gasteiger partial charge in [-0.05, 0) is 30.7 Å². The lowest BCUT2D eigenvalue weighted by atomic mass is 10.0. The second kappa shape index (κ2) is 7.22. The van der Waals surface area contributed by atoms with Gasteiger partial charge in [0.15, 0.2) is 11.6 Å². The summed E-state index contributed by atoms with van der Waals surface area (Å²) in [7, 11) is 1.48. The maximum atomic E-state index is 13.6. The Labute approximate surface area is 124 Å². The highest BCUT2D eigenvalue weighted by atomic mass is 19.1. The van der Waals surface area contributed by atoms with Gasteiger partial charge in [0, 0.05) is 18.3 Å². The van der Waals surface area contributed by atoms with Gasteiger partial charge in [0.25, 0.3) is 0 Å². The van der Waals surface area contributed by atoms with Crippen molar-refractivity contribution in [2.45, 2.75) is 32.9 Å². The van der Waals surface area contributed by atoms with Gasteiger partial charge in [0.2, 0.25) is 0 Å². The Hall–Kier alpha value is -1.88. The number of hydrogen-bond donors (Lipinski definition) is 1. The topological polar surface area (TPSA) is 39.1 Å². The third kappa shape index (κ3) is 3.61. The summed E-state index contributed by atoms with van der Waals surface area (Å²) in [6.07, 6.45) is 4.93. The van der Waals surface area contributed by atoms with Crippen LogP contribution in [0, 0.1) is 5.82 Å². The van der Waals surface area contributed by atoms with E-state index in [9.17, 15) is 4.39 Å². The normalized spacial score (nSPS) is 12.4. The summed E-state index contributed by atoms with van der Waals surface area (Å²) in [4.78, 5) is 0. The van der Waals surface area contributed by atoms with Crippen LogP contribution in [0.15, 0.2) is 30.6 Å². The number of benzene rings is 1. The Bertz CT molecular complexity index is 583. The van der Waals surface area contributed by atoms with Gasteiger partial charge in [-0.1, -0.05) is 19.9 Å². The number of rotatable bonds is 7. The predicted octanol–water partition coefficient (Wildman–Crippen LogP) is 3.14. The Balaban J connectivity index is 2.33. The molecule has 0 saturated heterocycles. The summed E-state index contributed by atoms with van der Waals surface area (Å²) in [5.41, 5.74) is 2.03. The third-order valence-electron chi connectivity index (χ3n) is 3.36. The molecule has 5 heteroatoms. The highest BCUT2D eigenvalue weighted by Crippen LogP contribution is 2.27. The molecule has 1 unspecified atom stereocenters. The molecule has 0 radical (unpaired) electrons. The quantitative estimate of drug-likeness (QED) is 0.852. The maximum Gasteiger partial charge on any atom is 0.165 e. The van der Waals surface area contributed by atoms with Crippen molar-refractivity contribution in [2.75, 3.05) is 13.7 Å². The number of halogens is 1. The molecule has 0 saturated carbocycles. The van der Waals surface area contributed by atoms with Crippen molar-refractivity contribution < 1.29 is 9.13 Å². The maximum absolute atomic E-state index is 13.6. The molecule has 1 aromatic heterocycles. The summed E-state index contributed by atoms with van der Waals surface area (Å²) in [6, 6.07) is 4.94. The van der Waals surface area contributed by atoms with Crippen molar-refractivity contribution in [1.29, 1.82) is 0 Å². The Morgan fingerprint density at radius 2 is 2.14 bits per heavy atom. The van der Waals surface area contributed by atoms with Gasteiger partial charge >= 0.3 is 0 Å². The van der Waals surface area contributed by atoms with Crippen LogP contribution in [0.1, 0.15) is 37.4 Å². The van der Waals surface area contributed by atoms with E-state index in [4.69, 9.17) is 4.74 Å². The van der Waals surface area contributed by atoms with E-state index < -0.39 is 0 Å². The smallest absolute Gasteiger partial charge is 0.165 e. The van der Waals surface area contributed by atoms with E-state index in [2.05, 4.69) is 17.3 Å². The van der Waals surface area contributed by atoms with Gasteiger partial charge in [-0.3, -0.25) is 4.68 Å². The van der Waals surface area contributed by atoms with E-state index in [0.29, 0.717) is 0 Å². The lowest BCUT2D eigenvalue weighted by molar-refractivity contribution is 0.385. The molecule has 2 aromatic rings. The van der Waals surface area contributed by atoms with Crippen LogP contribution in [0.5, 0.6) is 5.75 Å². The van der Waals surface area contributed by atoms with E-state index in [1.807, 2.05) is 24.0 Å². The second-order valence-corrected chi connectivity index (χ2v) is 4.92. The molecule has 0 bridgehead atoms. The Morgan fingerprint density at radius 3 is 2.81 bits per heavy atom. The molecule has 0 spiro atoms. The van der Waals surface area contributed by atoms with E-state index in [1.54, 1.807) is 12.1 Å². The minimum Gasteiger partial charge on any atom is -0.494 e. The van der Waals surface area contributed by atoms with Gasteiger partial charge in [-0.15, -0.1) is 0 Å². The van der Waals surface area contributed by atoms with Gasteiger partial charge < -0.3 is 10.1 Å². The average molecular weight is 291 g/mol. The molecular formula is C16H22FN3O. The molecule has 114 valence electrons. The van der Waals surface area contributed by atoms with Crippen LogP contribution < -0.4 is 10.1 Å². The van der Waals surface area contributed by atoms with Crippen LogP contribution in [-0.4, -0.2) is 23.4 Å². The van der Waals surface area contributed by atoms with Crippen LogP contribution >= 0.6 is 0 Å². The zero-order valence-electron chi connectivity index (χ0n) is 12.8. The monoisotopic (exact) mass is 291 g/mol. The number of aromatic nitrogens is 2. The fourth-order valence-corrected chi connectivity index (χ4v) is 2.37. The second-order valence-electron chi connectivity index (χ2n) is 4.92. The number of ether oxygens (including phenoxy) is 1. The fraction of sp³-hybridized carbons (Fsp3) is 0.438. The average Bonchev–Trinajstić information content (AvgIpc) is 2.94. The largest absolute Gasteiger partial charge is 0.494 e. The number of hydrogen-bond acceptors (Lipinski definition) is 3. The number of nitrogens with one attached hydrogen (secondary N) is 1. The molecule has 0 aliphatic rings. The number of nitrogens with zero attached hydrogens (tertiary/aromatic N) is 2. The van der Waals surface area contributed by atoms with Gasteiger partial charge in [-0.25, -0.2) is 4.39 Å². The summed E-state index contributed by atoms with van der Waals surface area (Å²) < 4.78 is 20.6. The van der Waals surface area contributed by atoms with Crippen LogP contribution in [0.4, 0.5) is 4.39 Å². The van der Waals surface area contributed by atoms with Crippen LogP contribution in [0.3, 0.4) is 0 Å². The van der Waals surface area contributed by atoms with E-state index >= 15 is 0 Å². The molecule has 0 aliphatic heterocycles. The molecule has 2 rings (SSSR count). The lowest BCUT2D eigenvalue weighted by Crippen LogP contribution is -2.21. The molecule has 0 aliphatic carbocycles. The number of methoxy groups -OCH3 is 1. The van der Waals surface area contributed by atoms with Crippen molar-refractivity contribution >= 4 is 0 Å². The first-order valence-corrected chi connectivity index (χ1v) is 7.28. The molecule has 1 aromatic carbocycles. The van der Waals surface area contributed by atoms with Crippen molar-refractivity contribution in [3.63, 3.8) is 0 Å². The van der Waals surface area contributed by atoms with Crippen molar-refractivity contribution in [3.8, 4) is 5.75 Å². The Morgan fingerprint density at radius 1 is 1.33 bits per heavy atom. The summed E-state index contributed by atoms with van der Waals surface area (Å²) in [6.45, 7) is 5.87.